The van der Waals surface area contributed by atoms with Crippen molar-refractivity contribution in [3.8, 4) is 11.5 Å². The maximum atomic E-state index is 8.70. The summed E-state index contributed by atoms with van der Waals surface area (Å²) in [4.78, 5) is 0. The second-order valence-corrected chi connectivity index (χ2v) is 4.04. The zero-order chi connectivity index (χ0) is 12.5. The van der Waals surface area contributed by atoms with Gasteiger partial charge in [0.25, 0.3) is 0 Å². The number of benzene rings is 1. The lowest BCUT2D eigenvalue weighted by molar-refractivity contribution is 0.282. The van der Waals surface area contributed by atoms with Crippen LogP contribution in [0.5, 0.6) is 11.5 Å². The van der Waals surface area contributed by atoms with Crippen LogP contribution in [0, 0.1) is 0 Å². The number of methoxy groups -OCH3 is 2. The van der Waals surface area contributed by atoms with E-state index in [4.69, 9.17) is 14.6 Å². The van der Waals surface area contributed by atoms with Crippen molar-refractivity contribution >= 4 is 0 Å². The van der Waals surface area contributed by atoms with Gasteiger partial charge in [0, 0.05) is 6.61 Å². The van der Waals surface area contributed by atoms with Crippen LogP contribution in [0.4, 0.5) is 0 Å². The van der Waals surface area contributed by atoms with Crippen molar-refractivity contribution in [2.24, 2.45) is 0 Å². The molecule has 0 heterocycles. The lowest BCUT2D eigenvalue weighted by Gasteiger charge is -2.12. The third-order valence-corrected chi connectivity index (χ3v) is 2.84. The van der Waals surface area contributed by atoms with Crippen molar-refractivity contribution in [3.63, 3.8) is 0 Å². The monoisotopic (exact) mass is 238 g/mol. The quantitative estimate of drug-likeness (QED) is 0.708. The van der Waals surface area contributed by atoms with Crippen molar-refractivity contribution in [3.05, 3.63) is 23.8 Å². The number of aryl methyl sites for hydroxylation is 1. The highest BCUT2D eigenvalue weighted by Gasteiger charge is 2.08. The highest BCUT2D eigenvalue weighted by molar-refractivity contribution is 5.46. The molecule has 0 aliphatic carbocycles. The summed E-state index contributed by atoms with van der Waals surface area (Å²) in [6.07, 6.45) is 5.23. The minimum atomic E-state index is 0.294. The molecule has 1 rings (SSSR count). The largest absolute Gasteiger partial charge is 0.493 e. The van der Waals surface area contributed by atoms with E-state index in [2.05, 4.69) is 6.07 Å². The first-order chi connectivity index (χ1) is 8.33. The predicted molar refractivity (Wildman–Crippen MR) is 68.8 cm³/mol. The van der Waals surface area contributed by atoms with Crippen molar-refractivity contribution in [2.75, 3.05) is 20.8 Å². The summed E-state index contributed by atoms with van der Waals surface area (Å²) in [6.45, 7) is 0.294. The summed E-state index contributed by atoms with van der Waals surface area (Å²) < 4.78 is 10.6. The van der Waals surface area contributed by atoms with Crippen molar-refractivity contribution in [1.29, 1.82) is 0 Å². The molecule has 0 atom stereocenters. The van der Waals surface area contributed by atoms with Gasteiger partial charge >= 0.3 is 0 Å². The molecule has 17 heavy (non-hydrogen) atoms. The molecule has 96 valence electrons. The number of aliphatic hydroxyl groups is 1. The summed E-state index contributed by atoms with van der Waals surface area (Å²) >= 11 is 0. The Hall–Kier alpha value is -1.22. The van der Waals surface area contributed by atoms with Crippen molar-refractivity contribution < 1.29 is 14.6 Å². The Morgan fingerprint density at radius 2 is 1.76 bits per heavy atom. The van der Waals surface area contributed by atoms with E-state index in [1.807, 2.05) is 12.1 Å². The first-order valence-corrected chi connectivity index (χ1v) is 6.14. The Morgan fingerprint density at radius 1 is 1.00 bits per heavy atom. The molecule has 0 saturated heterocycles. The molecular weight excluding hydrogens is 216 g/mol. The first-order valence-electron chi connectivity index (χ1n) is 6.14. The number of unbranched alkanes of at least 4 members (excludes halogenated alkanes) is 3. The lowest BCUT2D eigenvalue weighted by atomic mass is 10.0. The molecule has 0 aliphatic heterocycles. The average Bonchev–Trinajstić information content (AvgIpc) is 2.38. The van der Waals surface area contributed by atoms with Gasteiger partial charge in [-0.25, -0.2) is 0 Å². The van der Waals surface area contributed by atoms with Crippen LogP contribution in [0.2, 0.25) is 0 Å². The highest BCUT2D eigenvalue weighted by atomic mass is 16.5. The fraction of sp³-hybridized carbons (Fsp3) is 0.571. The second kappa shape index (κ2) is 7.96. The van der Waals surface area contributed by atoms with Gasteiger partial charge in [0.1, 0.15) is 0 Å². The van der Waals surface area contributed by atoms with Gasteiger partial charge < -0.3 is 14.6 Å². The number of hydrogen-bond donors (Lipinski definition) is 1. The SMILES string of the molecule is COc1cccc(CCCCCCO)c1OC. The van der Waals surface area contributed by atoms with Crippen LogP contribution in [0.15, 0.2) is 18.2 Å². The molecule has 0 aromatic heterocycles. The van der Waals surface area contributed by atoms with Crippen LogP contribution in [0.25, 0.3) is 0 Å². The number of rotatable bonds is 8. The van der Waals surface area contributed by atoms with Crippen LogP contribution in [0.1, 0.15) is 31.2 Å². The van der Waals surface area contributed by atoms with E-state index < -0.39 is 0 Å². The van der Waals surface area contributed by atoms with Crippen LogP contribution in [0.3, 0.4) is 0 Å². The topological polar surface area (TPSA) is 38.7 Å². The van der Waals surface area contributed by atoms with Gasteiger partial charge in [0.2, 0.25) is 0 Å². The number of aliphatic hydroxyl groups excluding tert-OH is 1. The second-order valence-electron chi connectivity index (χ2n) is 4.04. The summed E-state index contributed by atoms with van der Waals surface area (Å²) in [5.41, 5.74) is 1.19. The maximum absolute atomic E-state index is 8.70. The first kappa shape index (κ1) is 13.8. The van der Waals surface area contributed by atoms with E-state index in [1.54, 1.807) is 14.2 Å². The smallest absolute Gasteiger partial charge is 0.163 e. The molecule has 0 amide bonds. The Labute approximate surface area is 103 Å². The molecule has 1 N–H and O–H groups in total. The summed E-state index contributed by atoms with van der Waals surface area (Å²) in [5, 5.41) is 8.70. The third kappa shape index (κ3) is 4.27. The van der Waals surface area contributed by atoms with E-state index in [0.29, 0.717) is 6.61 Å². The van der Waals surface area contributed by atoms with Gasteiger partial charge in [-0.3, -0.25) is 0 Å². The number of hydrogen-bond acceptors (Lipinski definition) is 3. The van der Waals surface area contributed by atoms with E-state index in [1.165, 1.54) is 5.56 Å². The molecule has 1 aromatic carbocycles. The fourth-order valence-corrected chi connectivity index (χ4v) is 1.93. The summed E-state index contributed by atoms with van der Waals surface area (Å²) in [7, 11) is 3.33. The van der Waals surface area contributed by atoms with E-state index in [-0.39, 0.29) is 0 Å². The Morgan fingerprint density at radius 3 is 2.41 bits per heavy atom. The van der Waals surface area contributed by atoms with Gasteiger partial charge in [-0.05, 0) is 30.9 Å². The Kier molecular flexibility index (Phi) is 6.48. The number of ether oxygens (including phenoxy) is 2. The standard InChI is InChI=1S/C14H22O3/c1-16-13-10-7-9-12(14(13)17-2)8-5-3-4-6-11-15/h7,9-10,15H,3-6,8,11H2,1-2H3. The summed E-state index contributed by atoms with van der Waals surface area (Å²) in [6, 6.07) is 5.98. The van der Waals surface area contributed by atoms with Gasteiger partial charge in [-0.2, -0.15) is 0 Å². The number of para-hydroxylation sites is 1. The van der Waals surface area contributed by atoms with Crippen molar-refractivity contribution in [1.82, 2.24) is 0 Å². The zero-order valence-corrected chi connectivity index (χ0v) is 10.7. The van der Waals surface area contributed by atoms with E-state index in [9.17, 15) is 0 Å². The van der Waals surface area contributed by atoms with Crippen LogP contribution in [-0.2, 0) is 6.42 Å². The molecule has 3 nitrogen and oxygen atoms in total. The fourth-order valence-electron chi connectivity index (χ4n) is 1.93. The van der Waals surface area contributed by atoms with Crippen molar-refractivity contribution in [2.45, 2.75) is 32.1 Å². The minimum absolute atomic E-state index is 0.294. The molecule has 0 saturated carbocycles. The lowest BCUT2D eigenvalue weighted by Crippen LogP contribution is -1.96. The van der Waals surface area contributed by atoms with Gasteiger partial charge in [-0.15, -0.1) is 0 Å². The highest BCUT2D eigenvalue weighted by Crippen LogP contribution is 2.31. The van der Waals surface area contributed by atoms with Gasteiger partial charge in [-0.1, -0.05) is 25.0 Å². The van der Waals surface area contributed by atoms with Crippen LogP contribution >= 0.6 is 0 Å². The zero-order valence-electron chi connectivity index (χ0n) is 10.7. The van der Waals surface area contributed by atoms with E-state index >= 15 is 0 Å². The minimum Gasteiger partial charge on any atom is -0.493 e. The van der Waals surface area contributed by atoms with Gasteiger partial charge in [0.05, 0.1) is 14.2 Å². The van der Waals surface area contributed by atoms with E-state index in [0.717, 1.165) is 43.6 Å². The normalized spacial score (nSPS) is 10.3. The maximum Gasteiger partial charge on any atom is 0.163 e. The van der Waals surface area contributed by atoms with Gasteiger partial charge in [0.15, 0.2) is 11.5 Å². The molecule has 3 heteroatoms. The molecule has 0 unspecified atom stereocenters. The predicted octanol–water partition coefficient (Wildman–Crippen LogP) is 2.80. The molecule has 0 spiro atoms. The summed E-state index contributed by atoms with van der Waals surface area (Å²) in [5.74, 6) is 1.64. The average molecular weight is 238 g/mol. The molecule has 0 radical (unpaired) electrons. The molecule has 1 aromatic rings. The molecule has 0 aliphatic rings. The molecule has 0 fully saturated rings. The van der Waals surface area contributed by atoms with Crippen LogP contribution in [-0.4, -0.2) is 25.9 Å². The Balaban J connectivity index is 2.52. The molecular formula is C14H22O3. The third-order valence-electron chi connectivity index (χ3n) is 2.84. The Bertz CT molecular complexity index is 323. The molecule has 0 bridgehead atoms. The van der Waals surface area contributed by atoms with Crippen LogP contribution < -0.4 is 9.47 Å².